The zero-order valence-electron chi connectivity index (χ0n) is 11.2. The van der Waals surface area contributed by atoms with Gasteiger partial charge in [-0.2, -0.15) is 0 Å². The summed E-state index contributed by atoms with van der Waals surface area (Å²) in [5.41, 5.74) is 0. The Hall–Kier alpha value is -1.58. The van der Waals surface area contributed by atoms with Crippen molar-refractivity contribution in [3.05, 3.63) is 42.2 Å². The lowest BCUT2D eigenvalue weighted by Gasteiger charge is -2.17. The molecule has 1 aromatic rings. The van der Waals surface area contributed by atoms with E-state index in [2.05, 4.69) is 0 Å². The fourth-order valence-electron chi connectivity index (χ4n) is 1.37. The third-order valence-corrected chi connectivity index (χ3v) is 4.12. The topological polar surface area (TPSA) is 61.8 Å². The fourth-order valence-corrected chi connectivity index (χ4v) is 2.73. The van der Waals surface area contributed by atoms with E-state index in [1.807, 2.05) is 0 Å². The first-order chi connectivity index (χ1) is 9.01. The second-order valence-electron chi connectivity index (χ2n) is 3.61. The Kier molecular flexibility index (Phi) is 5.80. The highest BCUT2D eigenvalue weighted by atomic mass is 31.2. The lowest BCUT2D eigenvalue weighted by molar-refractivity contribution is -0.137. The lowest BCUT2D eigenvalue weighted by atomic mass is 10.4. The summed E-state index contributed by atoms with van der Waals surface area (Å²) in [6, 6.07) is 8.54. The number of esters is 1. The summed E-state index contributed by atoms with van der Waals surface area (Å²) in [7, 11) is -2.16. The normalized spacial score (nSPS) is 14.6. The number of rotatable bonds is 6. The zero-order valence-corrected chi connectivity index (χ0v) is 12.1. The number of hydrogen-bond acceptors (Lipinski definition) is 5. The van der Waals surface area contributed by atoms with Crippen molar-refractivity contribution < 1.29 is 23.1 Å². The molecule has 1 unspecified atom stereocenters. The summed E-state index contributed by atoms with van der Waals surface area (Å²) in [5, 5.41) is 0.425. The van der Waals surface area contributed by atoms with Crippen LogP contribution >= 0.6 is 7.60 Å². The van der Waals surface area contributed by atoms with Crippen molar-refractivity contribution in [3.8, 4) is 0 Å². The van der Waals surface area contributed by atoms with Crippen LogP contribution in [0.5, 0.6) is 0 Å². The van der Waals surface area contributed by atoms with Crippen LogP contribution in [0, 0.1) is 0 Å². The van der Waals surface area contributed by atoms with Gasteiger partial charge >= 0.3 is 13.6 Å². The van der Waals surface area contributed by atoms with Crippen molar-refractivity contribution in [3.63, 3.8) is 0 Å². The largest absolute Gasteiger partial charge is 0.463 e. The highest BCUT2D eigenvalue weighted by Gasteiger charge is 2.27. The molecule has 0 spiro atoms. The molecule has 0 N–H and O–H groups in total. The Bertz CT molecular complexity index is 495. The number of carbonyl (C=O) groups is 1. The number of benzene rings is 1. The van der Waals surface area contributed by atoms with E-state index in [1.165, 1.54) is 14.0 Å². The summed E-state index contributed by atoms with van der Waals surface area (Å²) in [4.78, 5) is 11.3. The average Bonchev–Trinajstić information content (AvgIpc) is 2.39. The molecule has 0 amide bonds. The van der Waals surface area contributed by atoms with Gasteiger partial charge in [-0.05, 0) is 26.0 Å². The molecule has 1 atom stereocenters. The van der Waals surface area contributed by atoms with Crippen molar-refractivity contribution in [1.29, 1.82) is 0 Å². The van der Waals surface area contributed by atoms with Crippen molar-refractivity contribution in [2.45, 2.75) is 13.8 Å². The molecule has 0 saturated heterocycles. The van der Waals surface area contributed by atoms with Gasteiger partial charge in [-0.15, -0.1) is 0 Å². The van der Waals surface area contributed by atoms with Crippen LogP contribution in [-0.2, 0) is 23.1 Å². The molecule has 0 heterocycles. The minimum atomic E-state index is -3.46. The summed E-state index contributed by atoms with van der Waals surface area (Å²) in [5.74, 6) is -0.372. The van der Waals surface area contributed by atoms with E-state index in [-0.39, 0.29) is 12.4 Å². The quantitative estimate of drug-likeness (QED) is 0.348. The summed E-state index contributed by atoms with van der Waals surface area (Å²) < 4.78 is 27.5. The summed E-state index contributed by atoms with van der Waals surface area (Å²) >= 11 is 0. The van der Waals surface area contributed by atoms with Crippen molar-refractivity contribution >= 4 is 18.9 Å². The van der Waals surface area contributed by atoms with Crippen LogP contribution in [0.1, 0.15) is 13.8 Å². The van der Waals surface area contributed by atoms with Crippen LogP contribution in [0.25, 0.3) is 0 Å². The molecule has 0 aliphatic heterocycles. The molecule has 0 saturated carbocycles. The van der Waals surface area contributed by atoms with E-state index in [9.17, 15) is 9.36 Å². The molecule has 0 radical (unpaired) electrons. The Morgan fingerprint density at radius 3 is 2.47 bits per heavy atom. The van der Waals surface area contributed by atoms with Crippen molar-refractivity contribution in [1.82, 2.24) is 0 Å². The average molecular weight is 284 g/mol. The van der Waals surface area contributed by atoms with Crippen LogP contribution < -0.4 is 5.30 Å². The second kappa shape index (κ2) is 7.12. The van der Waals surface area contributed by atoms with E-state index in [0.717, 1.165) is 6.08 Å². The number of carbonyl (C=O) groups excluding carboxylic acids is 1. The first-order valence-corrected chi connectivity index (χ1v) is 7.32. The van der Waals surface area contributed by atoms with Gasteiger partial charge in [0.15, 0.2) is 0 Å². The molecule has 1 rings (SSSR count). The molecular formula is C13H17O5P. The van der Waals surface area contributed by atoms with Crippen LogP contribution in [-0.4, -0.2) is 19.7 Å². The molecular weight excluding hydrogens is 267 g/mol. The fraction of sp³-hybridized carbons (Fsp3) is 0.308. The second-order valence-corrected chi connectivity index (χ2v) is 5.67. The molecule has 0 fully saturated rings. The smallest absolute Gasteiger partial charge is 0.410 e. The maximum absolute atomic E-state index is 12.5. The highest BCUT2D eigenvalue weighted by Crippen LogP contribution is 2.47. The number of hydrogen-bond donors (Lipinski definition) is 0. The Labute approximate surface area is 112 Å². The van der Waals surface area contributed by atoms with Gasteiger partial charge in [0.1, 0.15) is 5.76 Å². The maximum Gasteiger partial charge on any atom is 0.410 e. The molecule has 0 aliphatic rings. The van der Waals surface area contributed by atoms with Gasteiger partial charge < -0.3 is 9.26 Å². The van der Waals surface area contributed by atoms with Crippen molar-refractivity contribution in [2.75, 3.05) is 13.7 Å². The summed E-state index contributed by atoms with van der Waals surface area (Å²) in [6.45, 7) is 3.49. The zero-order chi connectivity index (χ0) is 14.3. The minimum Gasteiger partial charge on any atom is -0.463 e. The minimum absolute atomic E-state index is 0.174. The predicted molar refractivity (Wildman–Crippen MR) is 72.2 cm³/mol. The molecule has 0 aromatic heterocycles. The van der Waals surface area contributed by atoms with Gasteiger partial charge in [-0.1, -0.05) is 18.2 Å². The SMILES string of the molecule is CCOC(=O)/C=C(\C)OP(=O)(OC)c1ccccc1. The van der Waals surface area contributed by atoms with Crippen LogP contribution in [0.15, 0.2) is 42.2 Å². The van der Waals surface area contributed by atoms with E-state index < -0.39 is 13.6 Å². The van der Waals surface area contributed by atoms with Gasteiger partial charge in [-0.3, -0.25) is 4.52 Å². The molecule has 1 aromatic carbocycles. The Morgan fingerprint density at radius 1 is 1.32 bits per heavy atom. The standard InChI is InChI=1S/C13H17O5P/c1-4-17-13(14)10-11(2)18-19(15,16-3)12-8-6-5-7-9-12/h5-10H,4H2,1-3H3/b11-10+. The Balaban J connectivity index is 2.88. The van der Waals surface area contributed by atoms with Crippen LogP contribution in [0.2, 0.25) is 0 Å². The molecule has 104 valence electrons. The predicted octanol–water partition coefficient (Wildman–Crippen LogP) is 2.63. The number of ether oxygens (including phenoxy) is 1. The summed E-state index contributed by atoms with van der Waals surface area (Å²) in [6.07, 6.45) is 1.14. The van der Waals surface area contributed by atoms with Crippen molar-refractivity contribution in [2.24, 2.45) is 0 Å². The lowest BCUT2D eigenvalue weighted by Crippen LogP contribution is -2.09. The van der Waals surface area contributed by atoms with Gasteiger partial charge in [0.05, 0.1) is 18.0 Å². The third-order valence-electron chi connectivity index (χ3n) is 2.18. The van der Waals surface area contributed by atoms with Crippen LogP contribution in [0.3, 0.4) is 0 Å². The third kappa shape index (κ3) is 4.54. The number of allylic oxidation sites excluding steroid dienone is 1. The van der Waals surface area contributed by atoms with E-state index in [1.54, 1.807) is 37.3 Å². The monoisotopic (exact) mass is 284 g/mol. The van der Waals surface area contributed by atoms with Gasteiger partial charge in [0, 0.05) is 7.11 Å². The molecule has 5 nitrogen and oxygen atoms in total. The Morgan fingerprint density at radius 2 is 1.95 bits per heavy atom. The maximum atomic E-state index is 12.5. The highest BCUT2D eigenvalue weighted by molar-refractivity contribution is 7.62. The van der Waals surface area contributed by atoms with Gasteiger partial charge in [-0.25, -0.2) is 9.36 Å². The van der Waals surface area contributed by atoms with E-state index in [0.29, 0.717) is 5.30 Å². The van der Waals surface area contributed by atoms with Crippen LogP contribution in [0.4, 0.5) is 0 Å². The molecule has 19 heavy (non-hydrogen) atoms. The molecule has 0 aliphatic carbocycles. The van der Waals surface area contributed by atoms with Gasteiger partial charge in [0.2, 0.25) is 0 Å². The van der Waals surface area contributed by atoms with E-state index in [4.69, 9.17) is 13.8 Å². The first kappa shape index (κ1) is 15.5. The van der Waals surface area contributed by atoms with E-state index >= 15 is 0 Å². The van der Waals surface area contributed by atoms with Gasteiger partial charge in [0.25, 0.3) is 0 Å². The molecule has 0 bridgehead atoms. The first-order valence-electron chi connectivity index (χ1n) is 5.78. The molecule has 6 heteroatoms.